The highest BCUT2D eigenvalue weighted by Gasteiger charge is 2.28. The molecule has 3 aromatic rings. The van der Waals surface area contributed by atoms with Crippen LogP contribution in [0.25, 0.3) is 0 Å². The fraction of sp³-hybridized carbons (Fsp3) is 0.333. The van der Waals surface area contributed by atoms with Crippen LogP contribution < -0.4 is 14.8 Å². The number of nitrogens with zero attached hydrogens (tertiary/aromatic N) is 1. The Bertz CT molecular complexity index is 1480. The van der Waals surface area contributed by atoms with Crippen molar-refractivity contribution in [1.82, 2.24) is 14.9 Å². The number of benzene rings is 3. The quantitative estimate of drug-likeness (QED) is 0.277. The average Bonchev–Trinajstić information content (AvgIpc) is 3.77. The third-order valence-electron chi connectivity index (χ3n) is 6.91. The van der Waals surface area contributed by atoms with Crippen molar-refractivity contribution in [1.29, 1.82) is 0 Å². The van der Waals surface area contributed by atoms with Gasteiger partial charge in [-0.15, -0.1) is 0 Å². The number of nitrogens with one attached hydrogen (secondary N) is 2. The van der Waals surface area contributed by atoms with Gasteiger partial charge in [0.2, 0.25) is 21.8 Å². The summed E-state index contributed by atoms with van der Waals surface area (Å²) >= 11 is 12.2. The first kappa shape index (κ1) is 30.8. The van der Waals surface area contributed by atoms with Crippen LogP contribution >= 0.6 is 23.2 Å². The van der Waals surface area contributed by atoms with E-state index >= 15 is 0 Å². The zero-order chi connectivity index (χ0) is 29.6. The molecule has 4 rings (SSSR count). The number of halogens is 2. The van der Waals surface area contributed by atoms with Crippen LogP contribution in [0, 0.1) is 0 Å². The summed E-state index contributed by atoms with van der Waals surface area (Å²) in [6, 6.07) is 18.2. The van der Waals surface area contributed by atoms with Gasteiger partial charge >= 0.3 is 0 Å². The topological polar surface area (TPSA) is 105 Å². The number of carbonyl (C=O) groups excluding carboxylic acids is 2. The molecule has 0 aliphatic heterocycles. The molecule has 0 radical (unpaired) electrons. The fourth-order valence-corrected chi connectivity index (χ4v) is 6.00. The molecular weight excluding hydrogens is 585 g/mol. The number of ether oxygens (including phenoxy) is 1. The molecule has 0 saturated heterocycles. The monoisotopic (exact) mass is 617 g/mol. The Hall–Kier alpha value is -3.11. The minimum Gasteiger partial charge on any atom is -0.497 e. The summed E-state index contributed by atoms with van der Waals surface area (Å²) in [7, 11) is -1.96. The van der Waals surface area contributed by atoms with Crippen LogP contribution in [0.15, 0.2) is 71.6 Å². The van der Waals surface area contributed by atoms with Gasteiger partial charge in [-0.1, -0.05) is 53.5 Å². The first-order chi connectivity index (χ1) is 19.6. The molecule has 0 aromatic heterocycles. The maximum absolute atomic E-state index is 13.5. The van der Waals surface area contributed by atoms with Crippen LogP contribution in [-0.4, -0.2) is 44.3 Å². The van der Waals surface area contributed by atoms with Gasteiger partial charge in [-0.05, 0) is 79.3 Å². The van der Waals surface area contributed by atoms with Crippen molar-refractivity contribution in [3.63, 3.8) is 0 Å². The zero-order valence-corrected chi connectivity index (χ0v) is 25.2. The van der Waals surface area contributed by atoms with E-state index in [0.29, 0.717) is 27.8 Å². The van der Waals surface area contributed by atoms with Crippen molar-refractivity contribution in [3.8, 4) is 5.75 Å². The van der Waals surface area contributed by atoms with E-state index in [2.05, 4.69) is 10.0 Å². The zero-order valence-electron chi connectivity index (χ0n) is 22.9. The molecule has 1 aliphatic carbocycles. The van der Waals surface area contributed by atoms with E-state index in [1.165, 1.54) is 0 Å². The Balaban J connectivity index is 1.43. The van der Waals surface area contributed by atoms with Crippen LogP contribution in [0.2, 0.25) is 10.0 Å². The predicted molar refractivity (Wildman–Crippen MR) is 159 cm³/mol. The molecule has 1 saturated carbocycles. The third-order valence-corrected chi connectivity index (χ3v) is 9.03. The summed E-state index contributed by atoms with van der Waals surface area (Å²) in [6.45, 7) is 2.10. The second-order valence-electron chi connectivity index (χ2n) is 10.0. The van der Waals surface area contributed by atoms with E-state index < -0.39 is 16.1 Å². The highest BCUT2D eigenvalue weighted by molar-refractivity contribution is 7.89. The third kappa shape index (κ3) is 8.69. The summed E-state index contributed by atoms with van der Waals surface area (Å²) in [4.78, 5) is 28.4. The van der Waals surface area contributed by atoms with Gasteiger partial charge in [0, 0.05) is 35.6 Å². The van der Waals surface area contributed by atoms with Crippen molar-refractivity contribution >= 4 is 45.0 Å². The number of rotatable bonds is 13. The van der Waals surface area contributed by atoms with Crippen molar-refractivity contribution in [2.24, 2.45) is 0 Å². The van der Waals surface area contributed by atoms with Crippen molar-refractivity contribution < 1.29 is 22.7 Å². The standard InChI is InChI=1S/C30H33Cl2N3O5S/c1-20(30(37)33-18-23-8-9-24(31)17-28(23)32)35(19-22-3-12-26(40-2)13-4-22)29(36)16-7-21-5-14-27(15-6-21)41(38,39)34-25-10-11-25/h3-6,8-9,12-15,17,20,25,34H,7,10-11,16,18-19H2,1-2H3,(H,33,37)/t20-/m0/s1. The van der Waals surface area contributed by atoms with Crippen molar-refractivity contribution in [2.75, 3.05) is 7.11 Å². The SMILES string of the molecule is COc1ccc(CN(C(=O)CCc2ccc(S(=O)(=O)NC3CC3)cc2)[C@@H](C)C(=O)NCc2ccc(Cl)cc2Cl)cc1. The Kier molecular flexibility index (Phi) is 10.3. The molecule has 3 aromatic carbocycles. The van der Waals surface area contributed by atoms with Crippen LogP contribution in [0.5, 0.6) is 5.75 Å². The van der Waals surface area contributed by atoms with Gasteiger partial charge in [0.1, 0.15) is 11.8 Å². The van der Waals surface area contributed by atoms with Crippen LogP contribution in [0.3, 0.4) is 0 Å². The Morgan fingerprint density at radius 2 is 1.66 bits per heavy atom. The molecule has 41 heavy (non-hydrogen) atoms. The first-order valence-electron chi connectivity index (χ1n) is 13.3. The lowest BCUT2D eigenvalue weighted by Gasteiger charge is -2.29. The largest absolute Gasteiger partial charge is 0.497 e. The van der Waals surface area contributed by atoms with Gasteiger partial charge < -0.3 is 15.0 Å². The van der Waals surface area contributed by atoms with Gasteiger partial charge in [0.05, 0.1) is 12.0 Å². The van der Waals surface area contributed by atoms with E-state index in [0.717, 1.165) is 24.0 Å². The second kappa shape index (κ2) is 13.7. The lowest BCUT2D eigenvalue weighted by molar-refractivity contribution is -0.140. The van der Waals surface area contributed by atoms with Crippen LogP contribution in [0.1, 0.15) is 42.9 Å². The molecule has 0 heterocycles. The summed E-state index contributed by atoms with van der Waals surface area (Å²) in [5, 5.41) is 3.81. The number of aryl methyl sites for hydroxylation is 1. The molecule has 218 valence electrons. The molecule has 0 unspecified atom stereocenters. The minimum atomic E-state index is -3.54. The van der Waals surface area contributed by atoms with Crippen LogP contribution in [0.4, 0.5) is 0 Å². The van der Waals surface area contributed by atoms with E-state index in [1.54, 1.807) is 73.5 Å². The van der Waals surface area contributed by atoms with Gasteiger partial charge in [-0.2, -0.15) is 0 Å². The average molecular weight is 619 g/mol. The van der Waals surface area contributed by atoms with E-state index in [-0.39, 0.29) is 42.3 Å². The smallest absolute Gasteiger partial charge is 0.242 e. The Morgan fingerprint density at radius 1 is 1.00 bits per heavy atom. The van der Waals surface area contributed by atoms with Crippen molar-refractivity contribution in [2.45, 2.75) is 62.7 Å². The molecule has 0 spiro atoms. The second-order valence-corrected chi connectivity index (χ2v) is 12.6. The van der Waals surface area contributed by atoms with Gasteiger partial charge in [0.15, 0.2) is 0 Å². The number of carbonyl (C=O) groups is 2. The summed E-state index contributed by atoms with van der Waals surface area (Å²) in [6.07, 6.45) is 2.25. The number of hydrogen-bond acceptors (Lipinski definition) is 5. The number of methoxy groups -OCH3 is 1. The first-order valence-corrected chi connectivity index (χ1v) is 15.5. The van der Waals surface area contributed by atoms with Crippen LogP contribution in [-0.2, 0) is 39.1 Å². The molecular formula is C30H33Cl2N3O5S. The molecule has 11 heteroatoms. The van der Waals surface area contributed by atoms with Gasteiger partial charge in [0.25, 0.3) is 0 Å². The molecule has 8 nitrogen and oxygen atoms in total. The number of hydrogen-bond donors (Lipinski definition) is 2. The normalized spacial score (nSPS) is 13.9. The molecule has 2 N–H and O–H groups in total. The summed E-state index contributed by atoms with van der Waals surface area (Å²) in [5.41, 5.74) is 2.38. The minimum absolute atomic E-state index is 0.0244. The van der Waals surface area contributed by atoms with E-state index in [1.807, 2.05) is 12.1 Å². The summed E-state index contributed by atoms with van der Waals surface area (Å²) < 4.78 is 32.8. The number of amides is 2. The summed E-state index contributed by atoms with van der Waals surface area (Å²) in [5.74, 6) is 0.158. The molecule has 2 amide bonds. The molecule has 1 atom stereocenters. The molecule has 0 bridgehead atoms. The van der Waals surface area contributed by atoms with E-state index in [9.17, 15) is 18.0 Å². The van der Waals surface area contributed by atoms with Crippen molar-refractivity contribution in [3.05, 3.63) is 93.5 Å². The lowest BCUT2D eigenvalue weighted by Crippen LogP contribution is -2.47. The van der Waals surface area contributed by atoms with Gasteiger partial charge in [-0.3, -0.25) is 9.59 Å². The fourth-order valence-electron chi connectivity index (χ4n) is 4.22. The lowest BCUT2D eigenvalue weighted by atomic mass is 10.1. The maximum Gasteiger partial charge on any atom is 0.242 e. The highest BCUT2D eigenvalue weighted by Crippen LogP contribution is 2.23. The Morgan fingerprint density at radius 3 is 2.27 bits per heavy atom. The van der Waals surface area contributed by atoms with Gasteiger partial charge in [-0.25, -0.2) is 13.1 Å². The van der Waals surface area contributed by atoms with E-state index in [4.69, 9.17) is 27.9 Å². The Labute approximate surface area is 251 Å². The maximum atomic E-state index is 13.5. The highest BCUT2D eigenvalue weighted by atomic mass is 35.5. The molecule has 1 fully saturated rings. The number of sulfonamides is 1. The predicted octanol–water partition coefficient (Wildman–Crippen LogP) is 5.11. The molecule has 1 aliphatic rings.